The number of carbonyl (C=O) groups excluding carboxylic acids is 2. The molecule has 1 aliphatic rings. The van der Waals surface area contributed by atoms with Gasteiger partial charge in [0.1, 0.15) is 0 Å². The van der Waals surface area contributed by atoms with Crippen molar-refractivity contribution in [2.24, 2.45) is 5.92 Å². The molecule has 2 heterocycles. The Balaban J connectivity index is 0.00000204. The van der Waals surface area contributed by atoms with Crippen molar-refractivity contribution in [3.05, 3.63) is 77.2 Å². The molecule has 0 saturated carbocycles. The van der Waals surface area contributed by atoms with Crippen LogP contribution < -0.4 is 34.9 Å². The largest absolute Gasteiger partial charge is 1.00 e. The number of furan rings is 1. The van der Waals surface area contributed by atoms with Crippen LogP contribution in [0.5, 0.6) is 0 Å². The summed E-state index contributed by atoms with van der Waals surface area (Å²) >= 11 is 5.88. The van der Waals surface area contributed by atoms with Crippen molar-refractivity contribution in [2.45, 2.75) is 12.8 Å². The number of carboxylic acids is 1. The van der Waals surface area contributed by atoms with E-state index in [0.717, 1.165) is 11.1 Å². The number of halogens is 1. The minimum Gasteiger partial charge on any atom is -1.00 e. The molecule has 3 aromatic rings. The van der Waals surface area contributed by atoms with Crippen LogP contribution in [0.3, 0.4) is 0 Å². The third-order valence-corrected chi connectivity index (χ3v) is 5.75. The maximum absolute atomic E-state index is 13.1. The number of benzene rings is 2. The SMILES string of the molecule is O=C(O)c1cc(Cl)ccc1NC(=O)C1CCCN(C(=O)c2cccc(-c3ccoc3)c2)C1.[H-].[Na+]. The van der Waals surface area contributed by atoms with Gasteiger partial charge in [-0.2, -0.15) is 0 Å². The van der Waals surface area contributed by atoms with E-state index in [4.69, 9.17) is 16.0 Å². The standard InChI is InChI=1S/C24H21ClN2O5.Na.H/c25-19-6-7-21(20(12-19)24(30)31)26-22(28)17-5-2-9-27(13-17)23(29)16-4-1-3-15(11-16)18-8-10-32-14-18;;/h1,3-4,6-8,10-12,14,17H,2,5,9,13H2,(H,26,28)(H,30,31);;/q;+1;-1. The van der Waals surface area contributed by atoms with Crippen molar-refractivity contribution >= 4 is 35.1 Å². The molecular formula is C24H22ClN2NaO5. The van der Waals surface area contributed by atoms with Gasteiger partial charge < -0.3 is 21.2 Å². The van der Waals surface area contributed by atoms with E-state index in [2.05, 4.69) is 5.32 Å². The second-order valence-electron chi connectivity index (χ2n) is 7.67. The summed E-state index contributed by atoms with van der Waals surface area (Å²) in [4.78, 5) is 39.1. The maximum Gasteiger partial charge on any atom is 1.00 e. The second kappa shape index (κ2) is 11.0. The Hall–Kier alpha value is -2.58. The molecule has 1 saturated heterocycles. The summed E-state index contributed by atoms with van der Waals surface area (Å²) in [5.41, 5.74) is 2.40. The normalized spacial score (nSPS) is 15.4. The number of aromatic carboxylic acids is 1. The van der Waals surface area contributed by atoms with E-state index in [1.54, 1.807) is 23.5 Å². The van der Waals surface area contributed by atoms with Crippen LogP contribution in [0.1, 0.15) is 35.0 Å². The summed E-state index contributed by atoms with van der Waals surface area (Å²) < 4.78 is 5.12. The van der Waals surface area contributed by atoms with E-state index in [9.17, 15) is 19.5 Å². The molecule has 0 spiro atoms. The van der Waals surface area contributed by atoms with Crippen molar-refractivity contribution in [1.82, 2.24) is 4.90 Å². The Kier molecular flexibility index (Phi) is 8.37. The molecular weight excluding hydrogens is 455 g/mol. The first-order chi connectivity index (χ1) is 15.4. The van der Waals surface area contributed by atoms with Gasteiger partial charge in [0.15, 0.2) is 0 Å². The second-order valence-corrected chi connectivity index (χ2v) is 8.10. The Morgan fingerprint density at radius 1 is 1.12 bits per heavy atom. The zero-order valence-electron chi connectivity index (χ0n) is 19.1. The zero-order valence-corrected chi connectivity index (χ0v) is 20.8. The van der Waals surface area contributed by atoms with Crippen LogP contribution in [0.2, 0.25) is 5.02 Å². The van der Waals surface area contributed by atoms with Crippen LogP contribution in [0.25, 0.3) is 11.1 Å². The van der Waals surface area contributed by atoms with E-state index in [0.29, 0.717) is 24.9 Å². The van der Waals surface area contributed by atoms with Crippen LogP contribution in [0.4, 0.5) is 5.69 Å². The summed E-state index contributed by atoms with van der Waals surface area (Å²) in [6, 6.07) is 13.4. The average molecular weight is 477 g/mol. The number of likely N-dealkylation sites (tertiary alicyclic amines) is 1. The molecule has 7 nitrogen and oxygen atoms in total. The first kappa shape index (κ1) is 25.1. The van der Waals surface area contributed by atoms with Gasteiger partial charge in [-0.25, -0.2) is 4.79 Å². The third-order valence-electron chi connectivity index (χ3n) is 5.51. The van der Waals surface area contributed by atoms with E-state index in [1.807, 2.05) is 24.3 Å². The van der Waals surface area contributed by atoms with E-state index in [-0.39, 0.29) is 65.6 Å². The smallest absolute Gasteiger partial charge is 1.00 e. The molecule has 1 aromatic heterocycles. The number of hydrogen-bond acceptors (Lipinski definition) is 4. The molecule has 0 bridgehead atoms. The number of nitrogens with one attached hydrogen (secondary N) is 1. The number of anilines is 1. The zero-order chi connectivity index (χ0) is 22.7. The van der Waals surface area contributed by atoms with E-state index < -0.39 is 11.9 Å². The Morgan fingerprint density at radius 3 is 2.67 bits per heavy atom. The molecule has 166 valence electrons. The average Bonchev–Trinajstić information content (AvgIpc) is 3.35. The van der Waals surface area contributed by atoms with E-state index >= 15 is 0 Å². The summed E-state index contributed by atoms with van der Waals surface area (Å²) in [5, 5.41) is 12.3. The summed E-state index contributed by atoms with van der Waals surface area (Å²) in [5.74, 6) is -2.09. The number of amides is 2. The van der Waals surface area contributed by atoms with Crippen LogP contribution in [-0.2, 0) is 4.79 Å². The quantitative estimate of drug-likeness (QED) is 0.548. The monoisotopic (exact) mass is 476 g/mol. The fraction of sp³-hybridized carbons (Fsp3) is 0.208. The summed E-state index contributed by atoms with van der Waals surface area (Å²) in [7, 11) is 0. The van der Waals surface area contributed by atoms with Gasteiger partial charge in [0, 0.05) is 29.2 Å². The van der Waals surface area contributed by atoms with E-state index in [1.165, 1.54) is 18.2 Å². The molecule has 33 heavy (non-hydrogen) atoms. The molecule has 1 atom stereocenters. The number of hydrogen-bond donors (Lipinski definition) is 2. The first-order valence-corrected chi connectivity index (χ1v) is 10.6. The van der Waals surface area contributed by atoms with Crippen molar-refractivity contribution < 1.29 is 54.9 Å². The van der Waals surface area contributed by atoms with Crippen LogP contribution in [0.15, 0.2) is 65.5 Å². The molecule has 2 N–H and O–H groups in total. The maximum atomic E-state index is 13.1. The number of piperidine rings is 1. The molecule has 1 aliphatic heterocycles. The molecule has 2 aromatic carbocycles. The summed E-state index contributed by atoms with van der Waals surface area (Å²) in [6.45, 7) is 0.816. The van der Waals surface area contributed by atoms with Gasteiger partial charge in [-0.3, -0.25) is 9.59 Å². The third kappa shape index (κ3) is 5.86. The van der Waals surface area contributed by atoms with Gasteiger partial charge in [0.25, 0.3) is 5.91 Å². The molecule has 0 radical (unpaired) electrons. The van der Waals surface area contributed by atoms with Gasteiger partial charge >= 0.3 is 35.5 Å². The number of carboxylic acid groups (broad SMARTS) is 1. The van der Waals surface area contributed by atoms with Crippen molar-refractivity contribution in [3.63, 3.8) is 0 Å². The van der Waals surface area contributed by atoms with Crippen LogP contribution in [0, 0.1) is 5.92 Å². The molecule has 1 fully saturated rings. The Bertz CT molecular complexity index is 1170. The number of nitrogens with zero attached hydrogens (tertiary/aromatic N) is 1. The van der Waals surface area contributed by atoms with Crippen molar-refractivity contribution in [1.29, 1.82) is 0 Å². The van der Waals surface area contributed by atoms with Crippen LogP contribution >= 0.6 is 11.6 Å². The molecule has 4 rings (SSSR count). The molecule has 9 heteroatoms. The Labute approximate surface area is 219 Å². The number of rotatable bonds is 5. The van der Waals surface area contributed by atoms with Gasteiger partial charge in [-0.1, -0.05) is 23.7 Å². The molecule has 1 unspecified atom stereocenters. The minimum atomic E-state index is -1.18. The van der Waals surface area contributed by atoms with Gasteiger partial charge in [0.2, 0.25) is 5.91 Å². The molecule has 0 aliphatic carbocycles. The fourth-order valence-electron chi connectivity index (χ4n) is 3.86. The Morgan fingerprint density at radius 2 is 1.94 bits per heavy atom. The minimum absolute atomic E-state index is 0. The topological polar surface area (TPSA) is 99.9 Å². The van der Waals surface area contributed by atoms with Crippen molar-refractivity contribution in [3.8, 4) is 11.1 Å². The van der Waals surface area contributed by atoms with Crippen LogP contribution in [-0.4, -0.2) is 40.9 Å². The fourth-order valence-corrected chi connectivity index (χ4v) is 4.03. The predicted molar refractivity (Wildman–Crippen MR) is 121 cm³/mol. The predicted octanol–water partition coefficient (Wildman–Crippen LogP) is 1.91. The van der Waals surface area contributed by atoms with Gasteiger partial charge in [-0.05, 0) is 54.8 Å². The molecule has 2 amide bonds. The van der Waals surface area contributed by atoms with Gasteiger partial charge in [0.05, 0.1) is 29.7 Å². The van der Waals surface area contributed by atoms with Gasteiger partial charge in [-0.15, -0.1) is 0 Å². The summed E-state index contributed by atoms with van der Waals surface area (Å²) in [6.07, 6.45) is 4.49. The number of carbonyl (C=O) groups is 3. The van der Waals surface area contributed by atoms with Crippen molar-refractivity contribution in [2.75, 3.05) is 18.4 Å². The first-order valence-electron chi connectivity index (χ1n) is 10.2.